The molecular formula is C14H14BrClOS. The molecule has 1 heterocycles. The van der Waals surface area contributed by atoms with E-state index in [0.717, 1.165) is 12.0 Å². The Hall–Kier alpha value is -0.510. The van der Waals surface area contributed by atoms with Gasteiger partial charge in [-0.2, -0.15) is 0 Å². The third kappa shape index (κ3) is 2.90. The van der Waals surface area contributed by atoms with E-state index < -0.39 is 0 Å². The number of aryl methyl sites for hydroxylation is 1. The number of ether oxygens (including phenoxy) is 1. The van der Waals surface area contributed by atoms with Gasteiger partial charge in [0.2, 0.25) is 0 Å². The fraction of sp³-hybridized carbons (Fsp3) is 0.286. The predicted molar refractivity (Wildman–Crippen MR) is 82.5 cm³/mol. The van der Waals surface area contributed by atoms with Gasteiger partial charge in [0, 0.05) is 9.75 Å². The van der Waals surface area contributed by atoms with E-state index >= 15 is 0 Å². The van der Waals surface area contributed by atoms with Crippen molar-refractivity contribution in [2.75, 3.05) is 7.11 Å². The van der Waals surface area contributed by atoms with Gasteiger partial charge in [-0.05, 0) is 36.2 Å². The highest BCUT2D eigenvalue weighted by molar-refractivity contribution is 9.09. The maximum absolute atomic E-state index is 6.15. The predicted octanol–water partition coefficient (Wildman–Crippen LogP) is 5.46. The SMILES string of the molecule is CCc1ccc(C(Br)c2ccc(OC)c(Cl)c2)s1. The molecule has 1 atom stereocenters. The maximum Gasteiger partial charge on any atom is 0.137 e. The second-order valence-electron chi connectivity index (χ2n) is 3.91. The first kappa shape index (κ1) is 13.9. The van der Waals surface area contributed by atoms with Gasteiger partial charge in [0.25, 0.3) is 0 Å². The summed E-state index contributed by atoms with van der Waals surface area (Å²) in [5.41, 5.74) is 1.14. The summed E-state index contributed by atoms with van der Waals surface area (Å²) < 4.78 is 5.16. The highest BCUT2D eigenvalue weighted by atomic mass is 79.9. The normalized spacial score (nSPS) is 12.4. The first-order chi connectivity index (χ1) is 8.65. The lowest BCUT2D eigenvalue weighted by Gasteiger charge is -2.10. The summed E-state index contributed by atoms with van der Waals surface area (Å²) in [5, 5.41) is 0.645. The molecule has 1 nitrogen and oxygen atoms in total. The number of hydrogen-bond donors (Lipinski definition) is 0. The molecule has 0 fully saturated rings. The highest BCUT2D eigenvalue weighted by Gasteiger charge is 2.14. The van der Waals surface area contributed by atoms with Crippen molar-refractivity contribution in [1.29, 1.82) is 0 Å². The van der Waals surface area contributed by atoms with Gasteiger partial charge < -0.3 is 4.74 Å². The molecule has 0 aliphatic heterocycles. The minimum absolute atomic E-state index is 0.186. The van der Waals surface area contributed by atoms with E-state index in [9.17, 15) is 0 Å². The Balaban J connectivity index is 2.27. The molecule has 0 radical (unpaired) electrons. The Kier molecular flexibility index (Phi) is 4.71. The molecule has 0 N–H and O–H groups in total. The lowest BCUT2D eigenvalue weighted by atomic mass is 10.1. The fourth-order valence-corrected chi connectivity index (χ4v) is 3.67. The molecule has 2 aromatic rings. The van der Waals surface area contributed by atoms with Gasteiger partial charge >= 0.3 is 0 Å². The molecule has 0 aliphatic rings. The Morgan fingerprint density at radius 2 is 2.11 bits per heavy atom. The first-order valence-electron chi connectivity index (χ1n) is 5.71. The van der Waals surface area contributed by atoms with Crippen molar-refractivity contribution < 1.29 is 4.74 Å². The van der Waals surface area contributed by atoms with E-state index in [0.29, 0.717) is 10.8 Å². The molecule has 0 saturated carbocycles. The maximum atomic E-state index is 6.15. The Morgan fingerprint density at radius 3 is 2.67 bits per heavy atom. The molecule has 4 heteroatoms. The minimum Gasteiger partial charge on any atom is -0.495 e. The highest BCUT2D eigenvalue weighted by Crippen LogP contribution is 2.38. The summed E-state index contributed by atoms with van der Waals surface area (Å²) in [4.78, 5) is 2.88. The van der Waals surface area contributed by atoms with Crippen molar-refractivity contribution in [3.8, 4) is 5.75 Å². The molecule has 2 rings (SSSR count). The molecule has 0 spiro atoms. The zero-order valence-corrected chi connectivity index (χ0v) is 13.4. The van der Waals surface area contributed by atoms with E-state index in [1.54, 1.807) is 7.11 Å². The summed E-state index contributed by atoms with van der Waals surface area (Å²) in [5.74, 6) is 0.709. The molecular weight excluding hydrogens is 332 g/mol. The minimum atomic E-state index is 0.186. The number of halogens is 2. The van der Waals surface area contributed by atoms with Crippen molar-refractivity contribution in [2.24, 2.45) is 0 Å². The van der Waals surface area contributed by atoms with Gasteiger partial charge in [-0.25, -0.2) is 0 Å². The van der Waals surface area contributed by atoms with Crippen LogP contribution in [0.3, 0.4) is 0 Å². The lowest BCUT2D eigenvalue weighted by molar-refractivity contribution is 0.415. The van der Waals surface area contributed by atoms with Gasteiger partial charge in [0.15, 0.2) is 0 Å². The molecule has 0 amide bonds. The van der Waals surface area contributed by atoms with Crippen LogP contribution in [0.1, 0.15) is 27.1 Å². The molecule has 1 unspecified atom stereocenters. The van der Waals surface area contributed by atoms with Crippen LogP contribution in [0.2, 0.25) is 5.02 Å². The summed E-state index contributed by atoms with van der Waals surface area (Å²) in [6, 6.07) is 10.2. The number of methoxy groups -OCH3 is 1. The quantitative estimate of drug-likeness (QED) is 0.669. The molecule has 0 aliphatic carbocycles. The summed E-state index contributed by atoms with van der Waals surface area (Å²) in [6.45, 7) is 2.17. The Labute approximate surface area is 125 Å². The monoisotopic (exact) mass is 344 g/mol. The van der Waals surface area contributed by atoms with Crippen LogP contribution < -0.4 is 4.74 Å². The third-order valence-corrected chi connectivity index (χ3v) is 5.66. The molecule has 96 valence electrons. The molecule has 0 bridgehead atoms. The van der Waals surface area contributed by atoms with Crippen LogP contribution in [0, 0.1) is 0 Å². The fourth-order valence-electron chi connectivity index (χ4n) is 1.73. The second kappa shape index (κ2) is 6.09. The topological polar surface area (TPSA) is 9.23 Å². The summed E-state index contributed by atoms with van der Waals surface area (Å²) >= 11 is 11.7. The zero-order valence-electron chi connectivity index (χ0n) is 10.2. The summed E-state index contributed by atoms with van der Waals surface area (Å²) in [7, 11) is 1.62. The van der Waals surface area contributed by atoms with Crippen molar-refractivity contribution in [2.45, 2.75) is 18.2 Å². The van der Waals surface area contributed by atoms with E-state index in [2.05, 4.69) is 35.0 Å². The Morgan fingerprint density at radius 1 is 1.33 bits per heavy atom. The lowest BCUT2D eigenvalue weighted by Crippen LogP contribution is -1.91. The molecule has 0 saturated heterocycles. The third-order valence-electron chi connectivity index (χ3n) is 2.75. The van der Waals surface area contributed by atoms with Gasteiger partial charge in [-0.3, -0.25) is 0 Å². The van der Waals surface area contributed by atoms with Crippen LogP contribution in [-0.2, 0) is 6.42 Å². The zero-order chi connectivity index (χ0) is 13.1. The number of benzene rings is 1. The smallest absolute Gasteiger partial charge is 0.137 e. The largest absolute Gasteiger partial charge is 0.495 e. The van der Waals surface area contributed by atoms with Crippen molar-refractivity contribution in [3.05, 3.63) is 50.7 Å². The van der Waals surface area contributed by atoms with Crippen LogP contribution in [0.4, 0.5) is 0 Å². The van der Waals surface area contributed by atoms with Crippen molar-refractivity contribution in [1.82, 2.24) is 0 Å². The number of hydrogen-bond acceptors (Lipinski definition) is 2. The van der Waals surface area contributed by atoms with E-state index in [-0.39, 0.29) is 4.83 Å². The van der Waals surface area contributed by atoms with E-state index in [4.69, 9.17) is 16.3 Å². The molecule has 18 heavy (non-hydrogen) atoms. The van der Waals surface area contributed by atoms with Gasteiger partial charge in [0.05, 0.1) is 17.0 Å². The van der Waals surface area contributed by atoms with E-state index in [1.807, 2.05) is 29.5 Å². The van der Waals surface area contributed by atoms with Crippen LogP contribution in [0.15, 0.2) is 30.3 Å². The van der Waals surface area contributed by atoms with Gasteiger partial charge in [-0.1, -0.05) is 40.5 Å². The summed E-state index contributed by atoms with van der Waals surface area (Å²) in [6.07, 6.45) is 1.08. The first-order valence-corrected chi connectivity index (χ1v) is 7.82. The van der Waals surface area contributed by atoms with Crippen LogP contribution in [0.25, 0.3) is 0 Å². The van der Waals surface area contributed by atoms with Crippen LogP contribution in [0.5, 0.6) is 5.75 Å². The number of thiophene rings is 1. The average molecular weight is 346 g/mol. The van der Waals surface area contributed by atoms with Crippen LogP contribution >= 0.6 is 38.9 Å². The average Bonchev–Trinajstić information content (AvgIpc) is 2.86. The van der Waals surface area contributed by atoms with Crippen molar-refractivity contribution >= 4 is 38.9 Å². The molecule has 1 aromatic carbocycles. The standard InChI is InChI=1S/C14H14BrClOS/c1-3-10-5-7-13(18-10)14(15)9-4-6-12(17-2)11(16)8-9/h4-8,14H,3H2,1-2H3. The number of rotatable bonds is 4. The van der Waals surface area contributed by atoms with E-state index in [1.165, 1.54) is 9.75 Å². The second-order valence-corrected chi connectivity index (χ2v) is 6.44. The molecule has 1 aromatic heterocycles. The van der Waals surface area contributed by atoms with Gasteiger partial charge in [0.1, 0.15) is 5.75 Å². The van der Waals surface area contributed by atoms with Crippen LogP contribution in [-0.4, -0.2) is 7.11 Å². The van der Waals surface area contributed by atoms with Gasteiger partial charge in [-0.15, -0.1) is 11.3 Å². The van der Waals surface area contributed by atoms with Crippen molar-refractivity contribution in [3.63, 3.8) is 0 Å². The Bertz CT molecular complexity index is 538. The number of alkyl halides is 1.